The molecule has 1 aromatic heterocycles. The first-order chi connectivity index (χ1) is 10.7. The molecule has 0 bridgehead atoms. The van der Waals surface area contributed by atoms with E-state index in [0.29, 0.717) is 24.6 Å². The highest BCUT2D eigenvalue weighted by Crippen LogP contribution is 2.17. The summed E-state index contributed by atoms with van der Waals surface area (Å²) in [6.45, 7) is 2.94. The van der Waals surface area contributed by atoms with Gasteiger partial charge < -0.3 is 15.0 Å². The number of anilines is 2. The Morgan fingerprint density at radius 1 is 1.23 bits per heavy atom. The molecule has 2 heterocycles. The predicted molar refractivity (Wildman–Crippen MR) is 87.2 cm³/mol. The average molecular weight is 363 g/mol. The van der Waals surface area contributed by atoms with Crippen LogP contribution in [0.1, 0.15) is 10.4 Å². The molecule has 114 valence electrons. The molecule has 0 unspecified atom stereocenters. The van der Waals surface area contributed by atoms with Gasteiger partial charge in [0.15, 0.2) is 0 Å². The summed E-state index contributed by atoms with van der Waals surface area (Å²) < 4.78 is 6.18. The third kappa shape index (κ3) is 3.61. The molecule has 3 rings (SSSR count). The van der Waals surface area contributed by atoms with Gasteiger partial charge in [0, 0.05) is 29.2 Å². The first-order valence-electron chi connectivity index (χ1n) is 6.94. The van der Waals surface area contributed by atoms with Gasteiger partial charge in [-0.2, -0.15) is 0 Å². The number of hydrogen-bond donors (Lipinski definition) is 1. The van der Waals surface area contributed by atoms with Gasteiger partial charge in [0.2, 0.25) is 0 Å². The molecule has 1 aliphatic rings. The Morgan fingerprint density at radius 3 is 2.82 bits per heavy atom. The van der Waals surface area contributed by atoms with Crippen LogP contribution in [0.4, 0.5) is 11.6 Å². The van der Waals surface area contributed by atoms with Crippen molar-refractivity contribution >= 4 is 33.5 Å². The van der Waals surface area contributed by atoms with Crippen molar-refractivity contribution in [2.75, 3.05) is 36.5 Å². The van der Waals surface area contributed by atoms with Crippen molar-refractivity contribution in [3.63, 3.8) is 0 Å². The maximum absolute atomic E-state index is 12.2. The minimum Gasteiger partial charge on any atom is -0.378 e. The van der Waals surface area contributed by atoms with Crippen LogP contribution < -0.4 is 10.2 Å². The standard InChI is InChI=1S/C15H15BrN4O2/c16-12-3-1-2-11(8-12)15(21)19-13-9-14(18-10-17-13)20-4-6-22-7-5-20/h1-3,8-10H,4-7H2,(H,17,18,19,21). The minimum absolute atomic E-state index is 0.201. The molecule has 1 N–H and O–H groups in total. The lowest BCUT2D eigenvalue weighted by molar-refractivity contribution is 0.102. The summed E-state index contributed by atoms with van der Waals surface area (Å²) in [5, 5.41) is 2.80. The van der Waals surface area contributed by atoms with Crippen LogP contribution in [0, 0.1) is 0 Å². The van der Waals surface area contributed by atoms with Crippen molar-refractivity contribution in [1.29, 1.82) is 0 Å². The second-order valence-electron chi connectivity index (χ2n) is 4.83. The number of rotatable bonds is 3. The normalized spacial score (nSPS) is 14.7. The number of morpholine rings is 1. The number of ether oxygens (including phenoxy) is 1. The zero-order valence-corrected chi connectivity index (χ0v) is 13.4. The number of amides is 1. The molecule has 0 radical (unpaired) electrons. The highest BCUT2D eigenvalue weighted by molar-refractivity contribution is 9.10. The zero-order valence-electron chi connectivity index (χ0n) is 11.8. The molecule has 0 saturated carbocycles. The summed E-state index contributed by atoms with van der Waals surface area (Å²) in [5.74, 6) is 1.08. The number of aromatic nitrogens is 2. The van der Waals surface area contributed by atoms with E-state index in [1.54, 1.807) is 18.2 Å². The van der Waals surface area contributed by atoms with Crippen molar-refractivity contribution in [3.05, 3.63) is 46.7 Å². The highest BCUT2D eigenvalue weighted by Gasteiger charge is 2.14. The Labute approximate surface area is 136 Å². The summed E-state index contributed by atoms with van der Waals surface area (Å²) in [6.07, 6.45) is 1.46. The Balaban J connectivity index is 1.73. The molecule has 1 amide bonds. The predicted octanol–water partition coefficient (Wildman–Crippen LogP) is 2.33. The van der Waals surface area contributed by atoms with Gasteiger partial charge >= 0.3 is 0 Å². The average Bonchev–Trinajstić information content (AvgIpc) is 2.56. The molecular formula is C15H15BrN4O2. The second-order valence-corrected chi connectivity index (χ2v) is 5.74. The number of halogens is 1. The summed E-state index contributed by atoms with van der Waals surface area (Å²) in [5.41, 5.74) is 0.570. The molecule has 1 saturated heterocycles. The van der Waals surface area contributed by atoms with Gasteiger partial charge in [-0.1, -0.05) is 22.0 Å². The molecule has 2 aromatic rings. The Bertz CT molecular complexity index is 674. The van der Waals surface area contributed by atoms with Crippen molar-refractivity contribution in [2.45, 2.75) is 0 Å². The molecule has 1 aliphatic heterocycles. The van der Waals surface area contributed by atoms with Crippen LogP contribution >= 0.6 is 15.9 Å². The Hall–Kier alpha value is -1.99. The fraction of sp³-hybridized carbons (Fsp3) is 0.267. The van der Waals surface area contributed by atoms with Crippen LogP contribution in [-0.2, 0) is 4.74 Å². The van der Waals surface area contributed by atoms with E-state index >= 15 is 0 Å². The zero-order chi connectivity index (χ0) is 15.4. The van der Waals surface area contributed by atoms with Gasteiger partial charge in [-0.3, -0.25) is 4.79 Å². The third-order valence-corrected chi connectivity index (χ3v) is 3.81. The first-order valence-corrected chi connectivity index (χ1v) is 7.73. The summed E-state index contributed by atoms with van der Waals surface area (Å²) in [4.78, 5) is 22.7. The van der Waals surface area contributed by atoms with Crippen LogP contribution in [0.15, 0.2) is 41.1 Å². The summed E-state index contributed by atoms with van der Waals surface area (Å²) in [6, 6.07) is 8.99. The van der Waals surface area contributed by atoms with E-state index in [-0.39, 0.29) is 5.91 Å². The second kappa shape index (κ2) is 6.85. The molecule has 6 nitrogen and oxygen atoms in total. The Kier molecular flexibility index (Phi) is 4.65. The quantitative estimate of drug-likeness (QED) is 0.907. The smallest absolute Gasteiger partial charge is 0.256 e. The third-order valence-electron chi connectivity index (χ3n) is 3.32. The first kappa shape index (κ1) is 14.9. The summed E-state index contributed by atoms with van der Waals surface area (Å²) >= 11 is 3.36. The number of carbonyl (C=O) groups excluding carboxylic acids is 1. The molecule has 1 fully saturated rings. The van der Waals surface area contributed by atoms with E-state index in [1.165, 1.54) is 6.33 Å². The number of hydrogen-bond acceptors (Lipinski definition) is 5. The number of nitrogens with zero attached hydrogens (tertiary/aromatic N) is 3. The van der Waals surface area contributed by atoms with Crippen LogP contribution in [0.5, 0.6) is 0 Å². The van der Waals surface area contributed by atoms with E-state index < -0.39 is 0 Å². The van der Waals surface area contributed by atoms with Crippen LogP contribution in [0.25, 0.3) is 0 Å². The largest absolute Gasteiger partial charge is 0.378 e. The molecule has 0 spiro atoms. The van der Waals surface area contributed by atoms with Gasteiger partial charge in [-0.05, 0) is 18.2 Å². The van der Waals surface area contributed by atoms with Crippen LogP contribution in [-0.4, -0.2) is 42.2 Å². The Morgan fingerprint density at radius 2 is 2.05 bits per heavy atom. The highest BCUT2D eigenvalue weighted by atomic mass is 79.9. The van der Waals surface area contributed by atoms with E-state index in [0.717, 1.165) is 23.4 Å². The van der Waals surface area contributed by atoms with E-state index in [2.05, 4.69) is 36.1 Å². The molecule has 0 atom stereocenters. The van der Waals surface area contributed by atoms with Crippen molar-refractivity contribution < 1.29 is 9.53 Å². The molecule has 0 aliphatic carbocycles. The monoisotopic (exact) mass is 362 g/mol. The maximum atomic E-state index is 12.2. The number of nitrogens with one attached hydrogen (secondary N) is 1. The number of carbonyl (C=O) groups is 1. The van der Waals surface area contributed by atoms with E-state index in [1.807, 2.05) is 12.1 Å². The van der Waals surface area contributed by atoms with E-state index in [4.69, 9.17) is 4.74 Å². The topological polar surface area (TPSA) is 67.4 Å². The lowest BCUT2D eigenvalue weighted by Crippen LogP contribution is -2.36. The van der Waals surface area contributed by atoms with Gasteiger partial charge in [-0.15, -0.1) is 0 Å². The summed E-state index contributed by atoms with van der Waals surface area (Å²) in [7, 11) is 0. The van der Waals surface area contributed by atoms with Gasteiger partial charge in [0.1, 0.15) is 18.0 Å². The van der Waals surface area contributed by atoms with Crippen LogP contribution in [0.2, 0.25) is 0 Å². The molecule has 22 heavy (non-hydrogen) atoms. The van der Waals surface area contributed by atoms with Gasteiger partial charge in [0.25, 0.3) is 5.91 Å². The molecular weight excluding hydrogens is 348 g/mol. The lowest BCUT2D eigenvalue weighted by atomic mass is 10.2. The van der Waals surface area contributed by atoms with Crippen LogP contribution in [0.3, 0.4) is 0 Å². The van der Waals surface area contributed by atoms with E-state index in [9.17, 15) is 4.79 Å². The SMILES string of the molecule is O=C(Nc1cc(N2CCOCC2)ncn1)c1cccc(Br)c1. The molecule has 1 aromatic carbocycles. The maximum Gasteiger partial charge on any atom is 0.256 e. The van der Waals surface area contributed by atoms with Crippen molar-refractivity contribution in [3.8, 4) is 0 Å². The van der Waals surface area contributed by atoms with Crippen molar-refractivity contribution in [1.82, 2.24) is 9.97 Å². The van der Waals surface area contributed by atoms with Gasteiger partial charge in [-0.25, -0.2) is 9.97 Å². The lowest BCUT2D eigenvalue weighted by Gasteiger charge is -2.27. The number of benzene rings is 1. The fourth-order valence-electron chi connectivity index (χ4n) is 2.20. The fourth-order valence-corrected chi connectivity index (χ4v) is 2.60. The van der Waals surface area contributed by atoms with Gasteiger partial charge in [0.05, 0.1) is 13.2 Å². The van der Waals surface area contributed by atoms with Crippen molar-refractivity contribution in [2.24, 2.45) is 0 Å². The minimum atomic E-state index is -0.201. The molecule has 7 heteroatoms.